The molecule has 2 rings (SSSR count). The summed E-state index contributed by atoms with van der Waals surface area (Å²) in [6, 6.07) is 9.18. The number of hydrogen-bond donors (Lipinski definition) is 3. The first-order chi connectivity index (χ1) is 8.74. The van der Waals surface area contributed by atoms with E-state index in [1.54, 1.807) is 13.1 Å². The van der Waals surface area contributed by atoms with E-state index in [0.29, 0.717) is 11.4 Å². The van der Waals surface area contributed by atoms with Gasteiger partial charge >= 0.3 is 0 Å². The topological polar surface area (TPSA) is 69.8 Å². The molecule has 0 radical (unpaired) electrons. The molecular weight excluding hydrogens is 228 g/mol. The molecule has 0 aliphatic rings. The summed E-state index contributed by atoms with van der Waals surface area (Å²) in [6.07, 6.45) is 0.857. The number of amides is 1. The molecule has 18 heavy (non-hydrogen) atoms. The number of aryl methyl sites for hydroxylation is 1. The molecule has 0 spiro atoms. The quantitative estimate of drug-likeness (QED) is 0.772. The first-order valence-electron chi connectivity index (χ1n) is 5.87. The van der Waals surface area contributed by atoms with Crippen LogP contribution in [0.3, 0.4) is 0 Å². The Morgan fingerprint density at radius 2 is 2.17 bits per heavy atom. The van der Waals surface area contributed by atoms with Crippen LogP contribution in [0.2, 0.25) is 0 Å². The zero-order valence-electron chi connectivity index (χ0n) is 10.4. The Hall–Kier alpha value is -2.30. The van der Waals surface area contributed by atoms with Crippen molar-refractivity contribution in [2.45, 2.75) is 13.3 Å². The maximum atomic E-state index is 12.1. The van der Waals surface area contributed by atoms with Crippen molar-refractivity contribution >= 4 is 17.4 Å². The van der Waals surface area contributed by atoms with Gasteiger partial charge in [-0.05, 0) is 18.6 Å². The molecular formula is C13H16N4O. The standard InChI is InChI=1S/C13H16N4O/c1-3-9-8-12(17-16-9)15-13(18)10-6-4-5-7-11(10)14-2/h4-8,14H,3H2,1-2H3,(H2,15,16,17,18). The summed E-state index contributed by atoms with van der Waals surface area (Å²) in [5, 5.41) is 12.6. The predicted molar refractivity (Wildman–Crippen MR) is 71.9 cm³/mol. The van der Waals surface area contributed by atoms with E-state index in [1.807, 2.05) is 31.2 Å². The lowest BCUT2D eigenvalue weighted by Gasteiger charge is -2.07. The molecule has 2 aromatic rings. The predicted octanol–water partition coefficient (Wildman–Crippen LogP) is 2.27. The Kier molecular flexibility index (Phi) is 3.62. The Labute approximate surface area is 106 Å². The fourth-order valence-corrected chi connectivity index (χ4v) is 1.69. The maximum Gasteiger partial charge on any atom is 0.258 e. The van der Waals surface area contributed by atoms with Gasteiger partial charge in [0.15, 0.2) is 5.82 Å². The van der Waals surface area contributed by atoms with Crippen LogP contribution in [-0.2, 0) is 6.42 Å². The number of nitrogens with one attached hydrogen (secondary N) is 3. The summed E-state index contributed by atoms with van der Waals surface area (Å²) in [6.45, 7) is 2.02. The number of H-pyrrole nitrogens is 1. The normalized spacial score (nSPS) is 10.1. The van der Waals surface area contributed by atoms with E-state index in [1.165, 1.54) is 0 Å². The van der Waals surface area contributed by atoms with Crippen LogP contribution in [0.15, 0.2) is 30.3 Å². The molecule has 0 aliphatic carbocycles. The number of para-hydroxylation sites is 1. The molecule has 3 N–H and O–H groups in total. The SMILES string of the molecule is CCc1cc(NC(=O)c2ccccc2NC)n[nH]1. The van der Waals surface area contributed by atoms with E-state index in [9.17, 15) is 4.79 Å². The summed E-state index contributed by atoms with van der Waals surface area (Å²) in [7, 11) is 1.79. The van der Waals surface area contributed by atoms with Crippen molar-refractivity contribution in [3.05, 3.63) is 41.6 Å². The first-order valence-corrected chi connectivity index (χ1v) is 5.87. The van der Waals surface area contributed by atoms with E-state index < -0.39 is 0 Å². The van der Waals surface area contributed by atoms with E-state index in [0.717, 1.165) is 17.8 Å². The molecule has 94 valence electrons. The van der Waals surface area contributed by atoms with Gasteiger partial charge in [0.05, 0.1) is 5.56 Å². The van der Waals surface area contributed by atoms with Gasteiger partial charge in [-0.1, -0.05) is 19.1 Å². The Balaban J connectivity index is 2.16. The largest absolute Gasteiger partial charge is 0.387 e. The molecule has 1 heterocycles. The van der Waals surface area contributed by atoms with Crippen molar-refractivity contribution in [3.63, 3.8) is 0 Å². The number of aromatic amines is 1. The number of anilines is 2. The number of benzene rings is 1. The molecule has 0 unspecified atom stereocenters. The zero-order valence-corrected chi connectivity index (χ0v) is 10.4. The van der Waals surface area contributed by atoms with Crippen LogP contribution in [0, 0.1) is 0 Å². The van der Waals surface area contributed by atoms with Gasteiger partial charge in [-0.25, -0.2) is 0 Å². The average Bonchev–Trinajstić information content (AvgIpc) is 2.86. The Bertz CT molecular complexity index is 547. The van der Waals surface area contributed by atoms with Gasteiger partial charge in [0.1, 0.15) is 0 Å². The molecule has 0 saturated heterocycles. The van der Waals surface area contributed by atoms with Crippen molar-refractivity contribution in [3.8, 4) is 0 Å². The van der Waals surface area contributed by atoms with E-state index in [4.69, 9.17) is 0 Å². The lowest BCUT2D eigenvalue weighted by atomic mass is 10.1. The fraction of sp³-hybridized carbons (Fsp3) is 0.231. The average molecular weight is 244 g/mol. The monoisotopic (exact) mass is 244 g/mol. The second-order valence-corrected chi connectivity index (χ2v) is 3.88. The molecule has 0 bridgehead atoms. The lowest BCUT2D eigenvalue weighted by Crippen LogP contribution is -2.14. The third-order valence-corrected chi connectivity index (χ3v) is 2.69. The van der Waals surface area contributed by atoms with Crippen molar-refractivity contribution in [1.82, 2.24) is 10.2 Å². The Morgan fingerprint density at radius 3 is 2.83 bits per heavy atom. The molecule has 0 aliphatic heterocycles. The van der Waals surface area contributed by atoms with Crippen molar-refractivity contribution in [1.29, 1.82) is 0 Å². The molecule has 0 saturated carbocycles. The third kappa shape index (κ3) is 2.51. The summed E-state index contributed by atoms with van der Waals surface area (Å²) >= 11 is 0. The second kappa shape index (κ2) is 5.35. The smallest absolute Gasteiger partial charge is 0.258 e. The number of hydrogen-bond acceptors (Lipinski definition) is 3. The lowest BCUT2D eigenvalue weighted by molar-refractivity contribution is 0.102. The number of nitrogens with zero attached hydrogens (tertiary/aromatic N) is 1. The van der Waals surface area contributed by atoms with Gasteiger partial charge in [-0.15, -0.1) is 0 Å². The number of rotatable bonds is 4. The minimum Gasteiger partial charge on any atom is -0.387 e. The van der Waals surface area contributed by atoms with E-state index in [-0.39, 0.29) is 5.91 Å². The molecule has 0 atom stereocenters. The fourth-order valence-electron chi connectivity index (χ4n) is 1.69. The summed E-state index contributed by atoms with van der Waals surface area (Å²) in [4.78, 5) is 12.1. The highest BCUT2D eigenvalue weighted by Gasteiger charge is 2.11. The van der Waals surface area contributed by atoms with Crippen LogP contribution in [0.25, 0.3) is 0 Å². The number of carbonyl (C=O) groups is 1. The van der Waals surface area contributed by atoms with Gasteiger partial charge in [0, 0.05) is 24.5 Å². The van der Waals surface area contributed by atoms with Crippen LogP contribution in [0.4, 0.5) is 11.5 Å². The number of carbonyl (C=O) groups excluding carboxylic acids is 1. The zero-order chi connectivity index (χ0) is 13.0. The molecule has 5 heteroatoms. The number of aromatic nitrogens is 2. The summed E-state index contributed by atoms with van der Waals surface area (Å²) in [5.41, 5.74) is 2.38. The maximum absolute atomic E-state index is 12.1. The minimum atomic E-state index is -0.172. The molecule has 1 aromatic carbocycles. The molecule has 0 fully saturated rings. The van der Waals surface area contributed by atoms with Gasteiger partial charge in [0.2, 0.25) is 0 Å². The van der Waals surface area contributed by atoms with Crippen molar-refractivity contribution < 1.29 is 4.79 Å². The third-order valence-electron chi connectivity index (χ3n) is 2.69. The van der Waals surface area contributed by atoms with Gasteiger partial charge in [0.25, 0.3) is 5.91 Å². The highest BCUT2D eigenvalue weighted by molar-refractivity contribution is 6.07. The van der Waals surface area contributed by atoms with Crippen LogP contribution < -0.4 is 10.6 Å². The Morgan fingerprint density at radius 1 is 1.39 bits per heavy atom. The molecule has 1 amide bonds. The van der Waals surface area contributed by atoms with E-state index in [2.05, 4.69) is 20.8 Å². The molecule has 1 aromatic heterocycles. The highest BCUT2D eigenvalue weighted by Crippen LogP contribution is 2.16. The van der Waals surface area contributed by atoms with Crippen LogP contribution in [0.5, 0.6) is 0 Å². The van der Waals surface area contributed by atoms with Gasteiger partial charge in [-0.2, -0.15) is 5.10 Å². The van der Waals surface area contributed by atoms with Gasteiger partial charge in [-0.3, -0.25) is 9.89 Å². The van der Waals surface area contributed by atoms with Crippen LogP contribution in [0.1, 0.15) is 23.0 Å². The molecule has 5 nitrogen and oxygen atoms in total. The minimum absolute atomic E-state index is 0.172. The summed E-state index contributed by atoms with van der Waals surface area (Å²) < 4.78 is 0. The first kappa shape index (κ1) is 12.2. The van der Waals surface area contributed by atoms with Crippen molar-refractivity contribution in [2.75, 3.05) is 17.7 Å². The van der Waals surface area contributed by atoms with E-state index >= 15 is 0 Å². The highest BCUT2D eigenvalue weighted by atomic mass is 16.1. The second-order valence-electron chi connectivity index (χ2n) is 3.88. The van der Waals surface area contributed by atoms with Gasteiger partial charge < -0.3 is 10.6 Å². The summed E-state index contributed by atoms with van der Waals surface area (Å²) in [5.74, 6) is 0.372. The van der Waals surface area contributed by atoms with Crippen LogP contribution >= 0.6 is 0 Å². The van der Waals surface area contributed by atoms with Crippen molar-refractivity contribution in [2.24, 2.45) is 0 Å². The van der Waals surface area contributed by atoms with Crippen LogP contribution in [-0.4, -0.2) is 23.2 Å².